The number of methoxy groups -OCH3 is 1. The standard InChI is InChI=1S/C12H24N2O2S/c1-16-6-2-5-14-12(15)10-13-9-11-3-7-17-8-4-11/h11,13H,2-10H2,1H3,(H,14,15). The fourth-order valence-electron chi connectivity index (χ4n) is 1.85. The van der Waals surface area contributed by atoms with Gasteiger partial charge >= 0.3 is 0 Å². The summed E-state index contributed by atoms with van der Waals surface area (Å²) in [5, 5.41) is 6.11. The Morgan fingerprint density at radius 1 is 1.41 bits per heavy atom. The first-order chi connectivity index (χ1) is 8.33. The summed E-state index contributed by atoms with van der Waals surface area (Å²) in [6.07, 6.45) is 3.45. The van der Waals surface area contributed by atoms with Gasteiger partial charge in [-0.25, -0.2) is 0 Å². The second kappa shape index (κ2) is 9.74. The lowest BCUT2D eigenvalue weighted by molar-refractivity contribution is -0.120. The van der Waals surface area contributed by atoms with Gasteiger partial charge < -0.3 is 15.4 Å². The average Bonchev–Trinajstić information content (AvgIpc) is 2.36. The molecule has 0 spiro atoms. The highest BCUT2D eigenvalue weighted by molar-refractivity contribution is 7.99. The van der Waals surface area contributed by atoms with Crippen LogP contribution in [0.5, 0.6) is 0 Å². The third kappa shape index (κ3) is 7.63. The third-order valence-corrected chi connectivity index (χ3v) is 3.96. The lowest BCUT2D eigenvalue weighted by atomic mass is 10.0. The van der Waals surface area contributed by atoms with Crippen LogP contribution < -0.4 is 10.6 Å². The molecule has 1 rings (SSSR count). The predicted molar refractivity (Wildman–Crippen MR) is 72.4 cm³/mol. The molecule has 1 saturated heterocycles. The zero-order valence-corrected chi connectivity index (χ0v) is 11.5. The van der Waals surface area contributed by atoms with E-state index in [4.69, 9.17) is 4.74 Å². The van der Waals surface area contributed by atoms with Crippen LogP contribution in [0.3, 0.4) is 0 Å². The van der Waals surface area contributed by atoms with Gasteiger partial charge in [-0.05, 0) is 43.2 Å². The Morgan fingerprint density at radius 2 is 2.18 bits per heavy atom. The van der Waals surface area contributed by atoms with E-state index in [1.165, 1.54) is 24.3 Å². The highest BCUT2D eigenvalue weighted by Crippen LogP contribution is 2.21. The van der Waals surface area contributed by atoms with E-state index >= 15 is 0 Å². The van der Waals surface area contributed by atoms with Gasteiger partial charge in [0, 0.05) is 20.3 Å². The van der Waals surface area contributed by atoms with E-state index in [0.29, 0.717) is 19.7 Å². The Labute approximate surface area is 108 Å². The number of carbonyl (C=O) groups is 1. The number of hydrogen-bond donors (Lipinski definition) is 2. The molecule has 0 saturated carbocycles. The number of rotatable bonds is 8. The summed E-state index contributed by atoms with van der Waals surface area (Å²) in [5.74, 6) is 3.40. The molecule has 1 amide bonds. The molecule has 1 aliphatic heterocycles. The molecular formula is C12H24N2O2S. The van der Waals surface area contributed by atoms with Crippen LogP contribution in [0.15, 0.2) is 0 Å². The number of hydrogen-bond acceptors (Lipinski definition) is 4. The summed E-state index contributed by atoms with van der Waals surface area (Å²) in [6.45, 7) is 2.82. The molecule has 1 fully saturated rings. The summed E-state index contributed by atoms with van der Waals surface area (Å²) in [5.41, 5.74) is 0. The topological polar surface area (TPSA) is 50.4 Å². The molecule has 1 aliphatic rings. The first kappa shape index (κ1) is 14.8. The maximum atomic E-state index is 11.4. The molecular weight excluding hydrogens is 236 g/mol. The summed E-state index contributed by atoms with van der Waals surface area (Å²) in [4.78, 5) is 11.4. The molecule has 5 heteroatoms. The van der Waals surface area contributed by atoms with E-state index in [1.54, 1.807) is 7.11 Å². The summed E-state index contributed by atoms with van der Waals surface area (Å²) in [6, 6.07) is 0. The van der Waals surface area contributed by atoms with Crippen molar-refractivity contribution in [2.45, 2.75) is 19.3 Å². The van der Waals surface area contributed by atoms with Crippen molar-refractivity contribution in [3.63, 3.8) is 0 Å². The number of ether oxygens (including phenoxy) is 1. The third-order valence-electron chi connectivity index (χ3n) is 2.91. The van der Waals surface area contributed by atoms with Gasteiger partial charge in [0.15, 0.2) is 0 Å². The monoisotopic (exact) mass is 260 g/mol. The fourth-order valence-corrected chi connectivity index (χ4v) is 3.05. The minimum Gasteiger partial charge on any atom is -0.385 e. The zero-order chi connectivity index (χ0) is 12.3. The minimum atomic E-state index is 0.0892. The van der Waals surface area contributed by atoms with Gasteiger partial charge in [0.2, 0.25) is 5.91 Å². The largest absolute Gasteiger partial charge is 0.385 e. The van der Waals surface area contributed by atoms with Crippen molar-refractivity contribution in [1.29, 1.82) is 0 Å². The number of carbonyl (C=O) groups excluding carboxylic acids is 1. The van der Waals surface area contributed by atoms with Gasteiger partial charge in [0.1, 0.15) is 0 Å². The second-order valence-electron chi connectivity index (χ2n) is 4.38. The van der Waals surface area contributed by atoms with E-state index in [-0.39, 0.29) is 5.91 Å². The Bertz CT molecular complexity index is 209. The van der Waals surface area contributed by atoms with Crippen LogP contribution >= 0.6 is 11.8 Å². The van der Waals surface area contributed by atoms with Crippen molar-refractivity contribution in [1.82, 2.24) is 10.6 Å². The molecule has 0 aliphatic carbocycles. The van der Waals surface area contributed by atoms with Crippen molar-refractivity contribution in [2.24, 2.45) is 5.92 Å². The van der Waals surface area contributed by atoms with Gasteiger partial charge in [-0.2, -0.15) is 11.8 Å². The van der Waals surface area contributed by atoms with Crippen LogP contribution in [0.2, 0.25) is 0 Å². The van der Waals surface area contributed by atoms with Crippen LogP contribution in [0, 0.1) is 5.92 Å². The van der Waals surface area contributed by atoms with E-state index in [9.17, 15) is 4.79 Å². The minimum absolute atomic E-state index is 0.0892. The van der Waals surface area contributed by atoms with E-state index in [2.05, 4.69) is 10.6 Å². The number of amides is 1. The van der Waals surface area contributed by atoms with Crippen molar-refractivity contribution in [3.05, 3.63) is 0 Å². The van der Waals surface area contributed by atoms with Gasteiger partial charge in [-0.3, -0.25) is 4.79 Å². The molecule has 100 valence electrons. The van der Waals surface area contributed by atoms with Crippen molar-refractivity contribution < 1.29 is 9.53 Å². The molecule has 2 N–H and O–H groups in total. The Balaban J connectivity index is 1.92. The fraction of sp³-hybridized carbons (Fsp3) is 0.917. The quantitative estimate of drug-likeness (QED) is 0.636. The second-order valence-corrected chi connectivity index (χ2v) is 5.61. The zero-order valence-electron chi connectivity index (χ0n) is 10.7. The van der Waals surface area contributed by atoms with Crippen molar-refractivity contribution in [2.75, 3.05) is 44.9 Å². The number of nitrogens with one attached hydrogen (secondary N) is 2. The summed E-state index contributed by atoms with van der Waals surface area (Å²) in [7, 11) is 1.67. The van der Waals surface area contributed by atoms with Gasteiger partial charge in [-0.1, -0.05) is 0 Å². The molecule has 4 nitrogen and oxygen atoms in total. The van der Waals surface area contributed by atoms with E-state index in [1.807, 2.05) is 11.8 Å². The lowest BCUT2D eigenvalue weighted by Crippen LogP contribution is -2.37. The van der Waals surface area contributed by atoms with Crippen molar-refractivity contribution >= 4 is 17.7 Å². The van der Waals surface area contributed by atoms with Crippen LogP contribution in [-0.4, -0.2) is 50.8 Å². The van der Waals surface area contributed by atoms with Gasteiger partial charge in [0.25, 0.3) is 0 Å². The molecule has 0 radical (unpaired) electrons. The smallest absolute Gasteiger partial charge is 0.233 e. The molecule has 0 aromatic carbocycles. The van der Waals surface area contributed by atoms with Crippen LogP contribution in [-0.2, 0) is 9.53 Å². The van der Waals surface area contributed by atoms with E-state index in [0.717, 1.165) is 18.9 Å². The number of thioether (sulfide) groups is 1. The average molecular weight is 260 g/mol. The molecule has 0 unspecified atom stereocenters. The molecule has 0 aromatic heterocycles. The molecule has 0 bridgehead atoms. The molecule has 17 heavy (non-hydrogen) atoms. The highest BCUT2D eigenvalue weighted by atomic mass is 32.2. The molecule has 0 aromatic rings. The van der Waals surface area contributed by atoms with E-state index < -0.39 is 0 Å². The van der Waals surface area contributed by atoms with Crippen LogP contribution in [0.1, 0.15) is 19.3 Å². The Morgan fingerprint density at radius 3 is 2.88 bits per heavy atom. The maximum absolute atomic E-state index is 11.4. The maximum Gasteiger partial charge on any atom is 0.233 e. The molecule has 1 heterocycles. The van der Waals surface area contributed by atoms with Crippen LogP contribution in [0.25, 0.3) is 0 Å². The first-order valence-corrected chi connectivity index (χ1v) is 7.52. The molecule has 0 atom stereocenters. The van der Waals surface area contributed by atoms with Gasteiger partial charge in [0.05, 0.1) is 6.54 Å². The Kier molecular flexibility index (Phi) is 8.48. The first-order valence-electron chi connectivity index (χ1n) is 6.37. The van der Waals surface area contributed by atoms with Crippen LogP contribution in [0.4, 0.5) is 0 Å². The SMILES string of the molecule is COCCCNC(=O)CNCC1CCSCC1. The highest BCUT2D eigenvalue weighted by Gasteiger charge is 2.13. The predicted octanol–water partition coefficient (Wildman–Crippen LogP) is 0.872. The Hall–Kier alpha value is -0.260. The van der Waals surface area contributed by atoms with Crippen molar-refractivity contribution in [3.8, 4) is 0 Å². The summed E-state index contributed by atoms with van der Waals surface area (Å²) < 4.78 is 4.92. The summed E-state index contributed by atoms with van der Waals surface area (Å²) >= 11 is 2.04. The van der Waals surface area contributed by atoms with Gasteiger partial charge in [-0.15, -0.1) is 0 Å². The normalized spacial score (nSPS) is 17.0. The lowest BCUT2D eigenvalue weighted by Gasteiger charge is -2.21.